The Morgan fingerprint density at radius 2 is 1.64 bits per heavy atom. The molecule has 0 spiro atoms. The van der Waals surface area contributed by atoms with Crippen molar-refractivity contribution in [2.75, 3.05) is 14.1 Å². The van der Waals surface area contributed by atoms with Gasteiger partial charge in [-0.15, -0.1) is 0 Å². The monoisotopic (exact) mass is 307 g/mol. The Balaban J connectivity index is 2.39. The summed E-state index contributed by atoms with van der Waals surface area (Å²) in [6.07, 6.45) is 0. The van der Waals surface area contributed by atoms with Crippen molar-refractivity contribution >= 4 is 18.5 Å². The minimum absolute atomic E-state index is 0.0882. The van der Waals surface area contributed by atoms with Crippen LogP contribution < -0.4 is 5.46 Å². The Morgan fingerprint density at radius 1 is 1.14 bits per heavy atom. The van der Waals surface area contributed by atoms with Crippen molar-refractivity contribution < 1.29 is 18.5 Å². The standard InChI is InChI=1S/C16H23BFNO3/c1-10-8-11(9-12(18)13(10)14(20)19(6)7)17-21-15(2,3)16(4,5)22-17/h8-9H,1-7H3. The molecule has 0 N–H and O–H groups in total. The van der Waals surface area contributed by atoms with Gasteiger partial charge in [0.25, 0.3) is 5.91 Å². The first-order valence-corrected chi connectivity index (χ1v) is 7.33. The molecule has 22 heavy (non-hydrogen) atoms. The second kappa shape index (κ2) is 5.35. The van der Waals surface area contributed by atoms with Crippen molar-refractivity contribution in [3.8, 4) is 0 Å². The first kappa shape index (κ1) is 17.0. The summed E-state index contributed by atoms with van der Waals surface area (Å²) in [6.45, 7) is 9.50. The molecule has 1 heterocycles. The van der Waals surface area contributed by atoms with Gasteiger partial charge in [0, 0.05) is 14.1 Å². The lowest BCUT2D eigenvalue weighted by molar-refractivity contribution is 0.00578. The molecular formula is C16H23BFNO3. The van der Waals surface area contributed by atoms with Crippen molar-refractivity contribution in [1.29, 1.82) is 0 Å². The molecule has 1 fully saturated rings. The fourth-order valence-electron chi connectivity index (χ4n) is 2.38. The van der Waals surface area contributed by atoms with E-state index in [2.05, 4.69) is 0 Å². The van der Waals surface area contributed by atoms with Gasteiger partial charge >= 0.3 is 7.12 Å². The van der Waals surface area contributed by atoms with E-state index in [0.717, 1.165) is 0 Å². The maximum absolute atomic E-state index is 14.4. The van der Waals surface area contributed by atoms with Gasteiger partial charge in [0.1, 0.15) is 5.82 Å². The van der Waals surface area contributed by atoms with Crippen molar-refractivity contribution in [3.05, 3.63) is 29.1 Å². The van der Waals surface area contributed by atoms with Crippen molar-refractivity contribution in [3.63, 3.8) is 0 Å². The van der Waals surface area contributed by atoms with Gasteiger partial charge in [-0.05, 0) is 51.7 Å². The summed E-state index contributed by atoms with van der Waals surface area (Å²) >= 11 is 0. The van der Waals surface area contributed by atoms with Crippen LogP contribution in [-0.2, 0) is 9.31 Å². The van der Waals surface area contributed by atoms with E-state index in [1.54, 1.807) is 27.1 Å². The van der Waals surface area contributed by atoms with Gasteiger partial charge in [0.2, 0.25) is 0 Å². The average molecular weight is 307 g/mol. The average Bonchev–Trinajstić information content (AvgIpc) is 2.57. The third kappa shape index (κ3) is 2.77. The van der Waals surface area contributed by atoms with E-state index in [9.17, 15) is 9.18 Å². The number of aryl methyl sites for hydroxylation is 1. The maximum atomic E-state index is 14.4. The SMILES string of the molecule is Cc1cc(B2OC(C)(C)C(C)(C)O2)cc(F)c1C(=O)N(C)C. The van der Waals surface area contributed by atoms with Gasteiger partial charge in [-0.3, -0.25) is 4.79 Å². The predicted molar refractivity (Wildman–Crippen MR) is 84.9 cm³/mol. The normalized spacial score (nSPS) is 19.4. The number of carbonyl (C=O) groups is 1. The fraction of sp³-hybridized carbons (Fsp3) is 0.562. The van der Waals surface area contributed by atoms with E-state index in [1.165, 1.54) is 11.0 Å². The molecule has 0 aromatic heterocycles. The summed E-state index contributed by atoms with van der Waals surface area (Å²) in [5.41, 5.74) is 0.276. The number of benzene rings is 1. The molecule has 1 saturated heterocycles. The van der Waals surface area contributed by atoms with E-state index in [-0.39, 0.29) is 11.5 Å². The van der Waals surface area contributed by atoms with Crippen LogP contribution >= 0.6 is 0 Å². The summed E-state index contributed by atoms with van der Waals surface area (Å²) in [6, 6.07) is 3.08. The van der Waals surface area contributed by atoms with Crippen LogP contribution in [0, 0.1) is 12.7 Å². The molecule has 4 nitrogen and oxygen atoms in total. The lowest BCUT2D eigenvalue weighted by atomic mass is 9.77. The highest BCUT2D eigenvalue weighted by Crippen LogP contribution is 2.36. The predicted octanol–water partition coefficient (Wildman–Crippen LogP) is 2.14. The molecule has 120 valence electrons. The second-order valence-corrected chi connectivity index (χ2v) is 6.98. The molecule has 0 aliphatic carbocycles. The highest BCUT2D eigenvalue weighted by molar-refractivity contribution is 6.62. The Bertz CT molecular complexity index is 574. The van der Waals surface area contributed by atoms with Crippen molar-refractivity contribution in [2.45, 2.75) is 45.8 Å². The first-order valence-electron chi connectivity index (χ1n) is 7.33. The van der Waals surface area contributed by atoms with E-state index in [4.69, 9.17) is 9.31 Å². The van der Waals surface area contributed by atoms with Gasteiger partial charge in [0.15, 0.2) is 0 Å². The number of hydrogen-bond acceptors (Lipinski definition) is 3. The molecule has 1 aromatic rings. The highest BCUT2D eigenvalue weighted by atomic mass is 19.1. The summed E-state index contributed by atoms with van der Waals surface area (Å²) in [5, 5.41) is 0. The van der Waals surface area contributed by atoms with Crippen molar-refractivity contribution in [2.24, 2.45) is 0 Å². The van der Waals surface area contributed by atoms with Gasteiger partial charge in [-0.1, -0.05) is 6.07 Å². The summed E-state index contributed by atoms with van der Waals surface area (Å²) in [7, 11) is 2.56. The Morgan fingerprint density at radius 3 is 2.05 bits per heavy atom. The van der Waals surface area contributed by atoms with Gasteiger partial charge in [-0.2, -0.15) is 0 Å². The number of amides is 1. The Hall–Kier alpha value is -1.40. The zero-order chi connectivity index (χ0) is 16.9. The number of rotatable bonds is 2. The highest BCUT2D eigenvalue weighted by Gasteiger charge is 2.51. The van der Waals surface area contributed by atoms with Crippen LogP contribution in [0.15, 0.2) is 12.1 Å². The van der Waals surface area contributed by atoms with Gasteiger partial charge in [-0.25, -0.2) is 4.39 Å². The van der Waals surface area contributed by atoms with E-state index >= 15 is 0 Å². The van der Waals surface area contributed by atoms with E-state index < -0.39 is 24.1 Å². The molecule has 0 atom stereocenters. The third-order valence-corrected chi connectivity index (χ3v) is 4.46. The van der Waals surface area contributed by atoms with Gasteiger partial charge < -0.3 is 14.2 Å². The molecule has 0 bridgehead atoms. The zero-order valence-electron chi connectivity index (χ0n) is 14.3. The van der Waals surface area contributed by atoms with Crippen LogP contribution in [0.5, 0.6) is 0 Å². The molecule has 1 amide bonds. The lowest BCUT2D eigenvalue weighted by Crippen LogP contribution is -2.41. The van der Waals surface area contributed by atoms with E-state index in [1.807, 2.05) is 27.7 Å². The Kier molecular flexibility index (Phi) is 4.13. The number of hydrogen-bond donors (Lipinski definition) is 0. The molecular weight excluding hydrogens is 284 g/mol. The largest absolute Gasteiger partial charge is 0.494 e. The molecule has 1 aliphatic rings. The summed E-state index contributed by atoms with van der Waals surface area (Å²) in [5.74, 6) is -0.904. The van der Waals surface area contributed by atoms with Crippen LogP contribution in [0.4, 0.5) is 4.39 Å². The van der Waals surface area contributed by atoms with Crippen LogP contribution in [0.1, 0.15) is 43.6 Å². The number of nitrogens with zero attached hydrogens (tertiary/aromatic N) is 1. The van der Waals surface area contributed by atoms with Crippen molar-refractivity contribution in [1.82, 2.24) is 4.90 Å². The van der Waals surface area contributed by atoms with Crippen LogP contribution in [-0.4, -0.2) is 43.2 Å². The smallest absolute Gasteiger partial charge is 0.399 e. The third-order valence-electron chi connectivity index (χ3n) is 4.46. The zero-order valence-corrected chi connectivity index (χ0v) is 14.3. The minimum atomic E-state index is -0.637. The molecule has 6 heteroatoms. The number of halogens is 1. The first-order chi connectivity index (χ1) is 9.96. The maximum Gasteiger partial charge on any atom is 0.494 e. The molecule has 0 saturated carbocycles. The summed E-state index contributed by atoms with van der Waals surface area (Å²) < 4.78 is 26.2. The molecule has 1 aliphatic heterocycles. The lowest BCUT2D eigenvalue weighted by Gasteiger charge is -2.32. The summed E-state index contributed by atoms with van der Waals surface area (Å²) in [4.78, 5) is 13.4. The van der Waals surface area contributed by atoms with Crippen LogP contribution in [0.2, 0.25) is 0 Å². The van der Waals surface area contributed by atoms with Crippen LogP contribution in [0.3, 0.4) is 0 Å². The van der Waals surface area contributed by atoms with Crippen LogP contribution in [0.25, 0.3) is 0 Å². The van der Waals surface area contributed by atoms with Gasteiger partial charge in [0.05, 0.1) is 16.8 Å². The second-order valence-electron chi connectivity index (χ2n) is 6.98. The minimum Gasteiger partial charge on any atom is -0.399 e. The topological polar surface area (TPSA) is 38.8 Å². The molecule has 0 radical (unpaired) electrons. The molecule has 0 unspecified atom stereocenters. The van der Waals surface area contributed by atoms with E-state index in [0.29, 0.717) is 11.0 Å². The fourth-order valence-corrected chi connectivity index (χ4v) is 2.38. The molecule has 2 rings (SSSR count). The molecule has 1 aromatic carbocycles. The quantitative estimate of drug-likeness (QED) is 0.786. The Labute approximate surface area is 131 Å². The number of carbonyl (C=O) groups excluding carboxylic acids is 1.